The van der Waals surface area contributed by atoms with Crippen LogP contribution in [0.2, 0.25) is 0 Å². The minimum Gasteiger partial charge on any atom is -0.494 e. The Bertz CT molecular complexity index is 957. The average molecular weight is 445 g/mol. The van der Waals surface area contributed by atoms with Crippen LogP contribution in [0.25, 0.3) is 22.3 Å². The first kappa shape index (κ1) is 24.9. The van der Waals surface area contributed by atoms with Gasteiger partial charge in [0.15, 0.2) is 0 Å². The van der Waals surface area contributed by atoms with E-state index in [1.807, 2.05) is 0 Å². The second kappa shape index (κ2) is 13.1. The summed E-state index contributed by atoms with van der Waals surface area (Å²) in [6.45, 7) is 10.5. The van der Waals surface area contributed by atoms with Gasteiger partial charge in [-0.25, -0.2) is 0 Å². The first-order valence-electron chi connectivity index (χ1n) is 12.7. The van der Waals surface area contributed by atoms with Crippen LogP contribution in [0.1, 0.15) is 64.9 Å². The van der Waals surface area contributed by atoms with Crippen LogP contribution in [0.5, 0.6) is 11.5 Å². The Kier molecular flexibility index (Phi) is 9.87. The standard InChI is InChI=1S/C31H40O2/c1-5-7-8-9-21-32-29-15-10-26(11-16-29)28-14-19-31(25(4)23-28)27-12-17-30(18-13-27)33-22-20-24(3)6-2/h10-19,23-24H,5-9,20-22H2,1-4H3/t24-/m0/s1. The van der Waals surface area contributed by atoms with Crippen molar-refractivity contribution in [2.24, 2.45) is 5.92 Å². The van der Waals surface area contributed by atoms with Gasteiger partial charge in [0.2, 0.25) is 0 Å². The topological polar surface area (TPSA) is 18.5 Å². The van der Waals surface area contributed by atoms with E-state index in [1.165, 1.54) is 53.5 Å². The lowest BCUT2D eigenvalue weighted by Crippen LogP contribution is -2.03. The molecule has 0 spiro atoms. The van der Waals surface area contributed by atoms with Crippen molar-refractivity contribution in [1.82, 2.24) is 0 Å². The number of benzene rings is 3. The summed E-state index contributed by atoms with van der Waals surface area (Å²) in [5.41, 5.74) is 6.20. The second-order valence-corrected chi connectivity index (χ2v) is 9.14. The molecule has 3 aromatic carbocycles. The van der Waals surface area contributed by atoms with Gasteiger partial charge in [-0.15, -0.1) is 0 Å². The van der Waals surface area contributed by atoms with Crippen molar-refractivity contribution in [2.75, 3.05) is 13.2 Å². The molecule has 0 aliphatic carbocycles. The van der Waals surface area contributed by atoms with E-state index < -0.39 is 0 Å². The number of rotatable bonds is 13. The van der Waals surface area contributed by atoms with Gasteiger partial charge in [0.25, 0.3) is 0 Å². The van der Waals surface area contributed by atoms with Crippen molar-refractivity contribution < 1.29 is 9.47 Å². The van der Waals surface area contributed by atoms with Crippen molar-refractivity contribution in [1.29, 1.82) is 0 Å². The summed E-state index contributed by atoms with van der Waals surface area (Å²) in [6, 6.07) is 23.7. The highest BCUT2D eigenvalue weighted by molar-refractivity contribution is 5.74. The van der Waals surface area contributed by atoms with E-state index in [0.29, 0.717) is 5.92 Å². The molecule has 3 aromatic rings. The summed E-state index contributed by atoms with van der Waals surface area (Å²) in [5, 5.41) is 0. The highest BCUT2D eigenvalue weighted by Crippen LogP contribution is 2.30. The Labute approximate surface area is 201 Å². The van der Waals surface area contributed by atoms with Gasteiger partial charge in [0.1, 0.15) is 11.5 Å². The van der Waals surface area contributed by atoms with Crippen molar-refractivity contribution in [3.8, 4) is 33.8 Å². The molecule has 33 heavy (non-hydrogen) atoms. The maximum atomic E-state index is 5.92. The van der Waals surface area contributed by atoms with E-state index in [4.69, 9.17) is 9.47 Å². The molecule has 0 saturated carbocycles. The van der Waals surface area contributed by atoms with Crippen LogP contribution < -0.4 is 9.47 Å². The Morgan fingerprint density at radius 1 is 0.667 bits per heavy atom. The fraction of sp³-hybridized carbons (Fsp3) is 0.419. The SMILES string of the molecule is CCCCCCOc1ccc(-c2ccc(-c3ccc(OCC[C@@H](C)CC)cc3)c(C)c2)cc1. The monoisotopic (exact) mass is 444 g/mol. The summed E-state index contributed by atoms with van der Waals surface area (Å²) in [4.78, 5) is 0. The number of aryl methyl sites for hydroxylation is 1. The molecule has 0 fully saturated rings. The van der Waals surface area contributed by atoms with Crippen molar-refractivity contribution in [2.45, 2.75) is 66.2 Å². The maximum absolute atomic E-state index is 5.92. The third-order valence-corrected chi connectivity index (χ3v) is 6.42. The Morgan fingerprint density at radius 3 is 1.88 bits per heavy atom. The lowest BCUT2D eigenvalue weighted by atomic mass is 9.96. The van der Waals surface area contributed by atoms with E-state index in [9.17, 15) is 0 Å². The molecule has 0 unspecified atom stereocenters. The zero-order chi connectivity index (χ0) is 23.5. The zero-order valence-electron chi connectivity index (χ0n) is 20.9. The molecule has 0 aliphatic rings. The van der Waals surface area contributed by atoms with Crippen LogP contribution in [0.3, 0.4) is 0 Å². The molecule has 0 saturated heterocycles. The molecule has 1 atom stereocenters. The normalized spacial score (nSPS) is 11.9. The minimum absolute atomic E-state index is 0.713. The number of ether oxygens (including phenoxy) is 2. The number of hydrogen-bond acceptors (Lipinski definition) is 2. The maximum Gasteiger partial charge on any atom is 0.119 e. The summed E-state index contributed by atoms with van der Waals surface area (Å²) in [7, 11) is 0. The predicted molar refractivity (Wildman–Crippen MR) is 141 cm³/mol. The van der Waals surface area contributed by atoms with Gasteiger partial charge < -0.3 is 9.47 Å². The third kappa shape index (κ3) is 7.67. The number of unbranched alkanes of at least 4 members (excludes halogenated alkanes) is 3. The molecule has 3 rings (SSSR count). The van der Waals surface area contributed by atoms with E-state index in [2.05, 4.69) is 94.4 Å². The molecule has 0 aliphatic heterocycles. The van der Waals surface area contributed by atoms with E-state index in [-0.39, 0.29) is 0 Å². The van der Waals surface area contributed by atoms with Gasteiger partial charge in [-0.1, -0.05) is 88.9 Å². The summed E-state index contributed by atoms with van der Waals surface area (Å²) in [6.07, 6.45) is 7.22. The zero-order valence-corrected chi connectivity index (χ0v) is 20.9. The van der Waals surface area contributed by atoms with Crippen molar-refractivity contribution in [3.05, 3.63) is 72.3 Å². The van der Waals surface area contributed by atoms with Gasteiger partial charge in [-0.2, -0.15) is 0 Å². The molecule has 2 heteroatoms. The Balaban J connectivity index is 1.59. The first-order chi connectivity index (χ1) is 16.1. The highest BCUT2D eigenvalue weighted by Gasteiger charge is 2.06. The molecular formula is C31H40O2. The predicted octanol–water partition coefficient (Wildman–Crippen LogP) is 9.10. The molecule has 176 valence electrons. The van der Waals surface area contributed by atoms with Crippen LogP contribution in [0.15, 0.2) is 66.7 Å². The highest BCUT2D eigenvalue weighted by atomic mass is 16.5. The van der Waals surface area contributed by atoms with Crippen LogP contribution in [-0.2, 0) is 0 Å². The van der Waals surface area contributed by atoms with Gasteiger partial charge >= 0.3 is 0 Å². The van der Waals surface area contributed by atoms with Crippen LogP contribution in [-0.4, -0.2) is 13.2 Å². The van der Waals surface area contributed by atoms with Crippen LogP contribution in [0.4, 0.5) is 0 Å². The van der Waals surface area contributed by atoms with Crippen molar-refractivity contribution >= 4 is 0 Å². The quantitative estimate of drug-likeness (QED) is 0.245. The van der Waals surface area contributed by atoms with Gasteiger partial charge in [-0.3, -0.25) is 0 Å². The molecule has 0 N–H and O–H groups in total. The van der Waals surface area contributed by atoms with E-state index >= 15 is 0 Å². The van der Waals surface area contributed by atoms with Crippen molar-refractivity contribution in [3.63, 3.8) is 0 Å². The third-order valence-electron chi connectivity index (χ3n) is 6.42. The summed E-state index contributed by atoms with van der Waals surface area (Å²) in [5.74, 6) is 2.61. The first-order valence-corrected chi connectivity index (χ1v) is 12.7. The Hall–Kier alpha value is -2.74. The van der Waals surface area contributed by atoms with Gasteiger partial charge in [-0.05, 0) is 77.8 Å². The summed E-state index contributed by atoms with van der Waals surface area (Å²) < 4.78 is 11.8. The van der Waals surface area contributed by atoms with Crippen LogP contribution in [0, 0.1) is 12.8 Å². The van der Waals surface area contributed by atoms with Gasteiger partial charge in [0.05, 0.1) is 13.2 Å². The lowest BCUT2D eigenvalue weighted by Gasteiger charge is -2.12. The molecule has 0 bridgehead atoms. The van der Waals surface area contributed by atoms with E-state index in [1.54, 1.807) is 0 Å². The summed E-state index contributed by atoms with van der Waals surface area (Å²) >= 11 is 0. The molecule has 0 amide bonds. The van der Waals surface area contributed by atoms with Gasteiger partial charge in [0, 0.05) is 0 Å². The fourth-order valence-electron chi connectivity index (χ4n) is 3.94. The molecule has 0 heterocycles. The molecular weight excluding hydrogens is 404 g/mol. The fourth-order valence-corrected chi connectivity index (χ4v) is 3.94. The average Bonchev–Trinajstić information content (AvgIpc) is 2.84. The van der Waals surface area contributed by atoms with E-state index in [0.717, 1.165) is 37.6 Å². The molecule has 0 radical (unpaired) electrons. The second-order valence-electron chi connectivity index (χ2n) is 9.14. The lowest BCUT2D eigenvalue weighted by molar-refractivity contribution is 0.282. The minimum atomic E-state index is 0.713. The molecule has 0 aromatic heterocycles. The Morgan fingerprint density at radius 2 is 1.27 bits per heavy atom. The number of hydrogen-bond donors (Lipinski definition) is 0. The smallest absolute Gasteiger partial charge is 0.119 e. The van der Waals surface area contributed by atoms with Crippen LogP contribution >= 0.6 is 0 Å². The molecule has 2 nitrogen and oxygen atoms in total. The largest absolute Gasteiger partial charge is 0.494 e.